The maximum Gasteiger partial charge on any atom is 0.232 e. The summed E-state index contributed by atoms with van der Waals surface area (Å²) in [6, 6.07) is 11.5. The Hall–Kier alpha value is -2.10. The lowest BCUT2D eigenvalue weighted by Gasteiger charge is -2.25. The Morgan fingerprint density at radius 1 is 1.09 bits per heavy atom. The van der Waals surface area contributed by atoms with Crippen LogP contribution in [0, 0.1) is 0 Å². The number of fused-ring (bicyclic) bond motifs is 1. The Labute approximate surface area is 138 Å². The van der Waals surface area contributed by atoms with Crippen LogP contribution in [0.1, 0.15) is 44.6 Å². The van der Waals surface area contributed by atoms with Crippen molar-refractivity contribution in [3.05, 3.63) is 42.1 Å². The van der Waals surface area contributed by atoms with Crippen LogP contribution in [0.5, 0.6) is 0 Å². The van der Waals surface area contributed by atoms with Crippen molar-refractivity contribution in [2.45, 2.75) is 57.5 Å². The monoisotopic (exact) mass is 308 g/mol. The van der Waals surface area contributed by atoms with Crippen LogP contribution in [-0.4, -0.2) is 22.1 Å². The summed E-state index contributed by atoms with van der Waals surface area (Å²) < 4.78 is 0. The maximum atomic E-state index is 4.80. The second-order valence-corrected chi connectivity index (χ2v) is 6.77. The Balaban J connectivity index is 1.58. The summed E-state index contributed by atoms with van der Waals surface area (Å²) in [5.41, 5.74) is 2.63. The number of anilines is 3. The smallest absolute Gasteiger partial charge is 0.232 e. The lowest BCUT2D eigenvalue weighted by atomic mass is 9.95. The average molecular weight is 308 g/mol. The molecule has 0 saturated heterocycles. The van der Waals surface area contributed by atoms with Gasteiger partial charge in [-0.3, -0.25) is 0 Å². The highest BCUT2D eigenvalue weighted by Crippen LogP contribution is 2.36. The van der Waals surface area contributed by atoms with Gasteiger partial charge in [-0.1, -0.05) is 37.5 Å². The second-order valence-electron chi connectivity index (χ2n) is 6.77. The van der Waals surface area contributed by atoms with Gasteiger partial charge in [-0.25, -0.2) is 4.98 Å². The Morgan fingerprint density at radius 3 is 2.78 bits per heavy atom. The standard InChI is InChI=1S/C19H24N4/c1-14-13-15-7-5-6-10-17(15)23(14)19-20-12-11-18(22-19)21-16-8-3-2-4-9-16/h5-7,10-12,14,16H,2-4,8-9,13H2,1H3,(H,20,21,22). The molecule has 2 aliphatic rings. The van der Waals surface area contributed by atoms with E-state index in [0.29, 0.717) is 12.1 Å². The van der Waals surface area contributed by atoms with Gasteiger partial charge in [0.2, 0.25) is 5.95 Å². The molecule has 23 heavy (non-hydrogen) atoms. The summed E-state index contributed by atoms with van der Waals surface area (Å²) in [4.78, 5) is 11.6. The zero-order valence-corrected chi connectivity index (χ0v) is 13.7. The van der Waals surface area contributed by atoms with Gasteiger partial charge in [-0.2, -0.15) is 4.98 Å². The van der Waals surface area contributed by atoms with E-state index in [9.17, 15) is 0 Å². The summed E-state index contributed by atoms with van der Waals surface area (Å²) >= 11 is 0. The molecule has 0 amide bonds. The van der Waals surface area contributed by atoms with Gasteiger partial charge >= 0.3 is 0 Å². The molecule has 0 spiro atoms. The van der Waals surface area contributed by atoms with Crippen LogP contribution in [0.4, 0.5) is 17.5 Å². The van der Waals surface area contributed by atoms with Gasteiger partial charge in [0.25, 0.3) is 0 Å². The third kappa shape index (κ3) is 2.90. The van der Waals surface area contributed by atoms with E-state index in [1.54, 1.807) is 0 Å². The summed E-state index contributed by atoms with van der Waals surface area (Å²) in [5.74, 6) is 1.77. The molecule has 4 heteroatoms. The average Bonchev–Trinajstić information content (AvgIpc) is 2.92. The molecule has 2 aromatic rings. The second kappa shape index (κ2) is 6.19. The van der Waals surface area contributed by atoms with Crippen LogP contribution in [-0.2, 0) is 6.42 Å². The summed E-state index contributed by atoms with van der Waals surface area (Å²) in [6.07, 6.45) is 9.46. The number of nitrogens with one attached hydrogen (secondary N) is 1. The van der Waals surface area contributed by atoms with Crippen molar-refractivity contribution in [3.63, 3.8) is 0 Å². The molecule has 1 unspecified atom stereocenters. The number of aromatic nitrogens is 2. The van der Waals surface area contributed by atoms with Crippen molar-refractivity contribution in [2.24, 2.45) is 0 Å². The van der Waals surface area contributed by atoms with Crippen molar-refractivity contribution in [1.29, 1.82) is 0 Å². The molecule has 120 valence electrons. The van der Waals surface area contributed by atoms with Crippen LogP contribution in [0.2, 0.25) is 0 Å². The van der Waals surface area contributed by atoms with E-state index in [1.807, 2.05) is 12.3 Å². The number of para-hydroxylation sites is 1. The van der Waals surface area contributed by atoms with Gasteiger partial charge in [0.1, 0.15) is 5.82 Å². The molecule has 0 radical (unpaired) electrons. The molecule has 1 saturated carbocycles. The zero-order valence-electron chi connectivity index (χ0n) is 13.7. The van der Waals surface area contributed by atoms with E-state index >= 15 is 0 Å². The van der Waals surface area contributed by atoms with Gasteiger partial charge in [-0.05, 0) is 43.9 Å². The Bertz CT molecular complexity index is 679. The van der Waals surface area contributed by atoms with Gasteiger partial charge in [0, 0.05) is 24.0 Å². The molecule has 1 atom stereocenters. The van der Waals surface area contributed by atoms with E-state index in [-0.39, 0.29) is 0 Å². The predicted octanol–water partition coefficient (Wildman–Crippen LogP) is 4.30. The van der Waals surface area contributed by atoms with Crippen molar-refractivity contribution in [2.75, 3.05) is 10.2 Å². The normalized spacial score (nSPS) is 21.3. The third-order valence-corrected chi connectivity index (χ3v) is 5.02. The number of nitrogens with zero attached hydrogens (tertiary/aromatic N) is 3. The minimum Gasteiger partial charge on any atom is -0.367 e. The molecular weight excluding hydrogens is 284 g/mol. The maximum absolute atomic E-state index is 4.80. The molecule has 4 rings (SSSR count). The molecule has 1 N–H and O–H groups in total. The highest BCUT2D eigenvalue weighted by atomic mass is 15.3. The lowest BCUT2D eigenvalue weighted by Crippen LogP contribution is -2.27. The first-order chi connectivity index (χ1) is 11.3. The lowest BCUT2D eigenvalue weighted by molar-refractivity contribution is 0.462. The fourth-order valence-corrected chi connectivity index (χ4v) is 3.87. The van der Waals surface area contributed by atoms with Gasteiger partial charge in [0.05, 0.1) is 0 Å². The largest absolute Gasteiger partial charge is 0.367 e. The topological polar surface area (TPSA) is 41.1 Å². The van der Waals surface area contributed by atoms with E-state index < -0.39 is 0 Å². The molecule has 1 aliphatic carbocycles. The third-order valence-electron chi connectivity index (χ3n) is 5.02. The van der Waals surface area contributed by atoms with Crippen LogP contribution < -0.4 is 10.2 Å². The molecule has 0 bridgehead atoms. The fourth-order valence-electron chi connectivity index (χ4n) is 3.87. The number of hydrogen-bond acceptors (Lipinski definition) is 4. The van der Waals surface area contributed by atoms with Crippen molar-refractivity contribution in [1.82, 2.24) is 9.97 Å². The van der Waals surface area contributed by atoms with Gasteiger partial charge < -0.3 is 10.2 Å². The fraction of sp³-hybridized carbons (Fsp3) is 0.474. The minimum absolute atomic E-state index is 0.400. The first-order valence-corrected chi connectivity index (χ1v) is 8.78. The first kappa shape index (κ1) is 14.5. The van der Waals surface area contributed by atoms with Gasteiger partial charge in [0.15, 0.2) is 0 Å². The molecule has 1 fully saturated rings. The molecule has 2 heterocycles. The SMILES string of the molecule is CC1Cc2ccccc2N1c1nccc(NC2CCCCC2)n1. The predicted molar refractivity (Wildman–Crippen MR) is 94.3 cm³/mol. The van der Waals surface area contributed by atoms with E-state index in [2.05, 4.69) is 46.4 Å². The molecule has 1 aromatic heterocycles. The Morgan fingerprint density at radius 2 is 1.91 bits per heavy atom. The van der Waals surface area contributed by atoms with Crippen LogP contribution in [0.25, 0.3) is 0 Å². The van der Waals surface area contributed by atoms with Crippen molar-refractivity contribution < 1.29 is 0 Å². The number of hydrogen-bond donors (Lipinski definition) is 1. The summed E-state index contributed by atoms with van der Waals surface area (Å²) in [6.45, 7) is 2.24. The zero-order chi connectivity index (χ0) is 15.6. The van der Waals surface area contributed by atoms with Gasteiger partial charge in [-0.15, -0.1) is 0 Å². The first-order valence-electron chi connectivity index (χ1n) is 8.78. The van der Waals surface area contributed by atoms with Crippen LogP contribution >= 0.6 is 0 Å². The minimum atomic E-state index is 0.400. The van der Waals surface area contributed by atoms with Crippen LogP contribution in [0.3, 0.4) is 0 Å². The Kier molecular flexibility index (Phi) is 3.90. The van der Waals surface area contributed by atoms with E-state index in [1.165, 1.54) is 43.4 Å². The summed E-state index contributed by atoms with van der Waals surface area (Å²) in [5, 5.41) is 3.61. The van der Waals surface area contributed by atoms with E-state index in [4.69, 9.17) is 4.98 Å². The molecular formula is C19H24N4. The quantitative estimate of drug-likeness (QED) is 0.917. The van der Waals surface area contributed by atoms with E-state index in [0.717, 1.165) is 18.2 Å². The van der Waals surface area contributed by atoms with Crippen molar-refractivity contribution in [3.8, 4) is 0 Å². The van der Waals surface area contributed by atoms with Crippen LogP contribution in [0.15, 0.2) is 36.5 Å². The number of benzene rings is 1. The van der Waals surface area contributed by atoms with Crippen molar-refractivity contribution >= 4 is 17.5 Å². The highest BCUT2D eigenvalue weighted by molar-refractivity contribution is 5.67. The molecule has 4 nitrogen and oxygen atoms in total. The number of rotatable bonds is 3. The molecule has 1 aliphatic heterocycles. The molecule has 1 aromatic carbocycles. The summed E-state index contributed by atoms with van der Waals surface area (Å²) in [7, 11) is 0. The highest BCUT2D eigenvalue weighted by Gasteiger charge is 2.28.